The zero-order valence-corrected chi connectivity index (χ0v) is 14.7. The van der Waals surface area contributed by atoms with Crippen LogP contribution in [-0.4, -0.2) is 0 Å². The zero-order chi connectivity index (χ0) is 15.9. The Balaban J connectivity index is 0.00000264. The Bertz CT molecular complexity index is 602. The number of hydrogen-bond acceptors (Lipinski definition) is 2. The van der Waals surface area contributed by atoms with E-state index in [0.29, 0.717) is 6.61 Å². The first-order valence-corrected chi connectivity index (χ1v) is 7.76. The van der Waals surface area contributed by atoms with Crippen LogP contribution in [0.25, 0.3) is 0 Å². The summed E-state index contributed by atoms with van der Waals surface area (Å²) < 4.78 is 6.01. The molecule has 2 rings (SSSR count). The number of halogens is 1. The maximum absolute atomic E-state index is 6.25. The molecule has 0 aliphatic heterocycles. The van der Waals surface area contributed by atoms with Crippen molar-refractivity contribution in [3.8, 4) is 5.75 Å². The molecule has 2 nitrogen and oxygen atoms in total. The standard InChI is InChI=1S/C20H25NO.ClH/c1-4-5-11-19(21)18-12-15(2)20(16(3)13-18)22-14-17-9-7-6-8-10-17;/h4,6-10,12-13,19H,1,5,11,14,21H2,2-3H3;1H/t19-;/m1./s1. The molecular weight excluding hydrogens is 306 g/mol. The lowest BCUT2D eigenvalue weighted by atomic mass is 9.98. The van der Waals surface area contributed by atoms with Crippen LogP contribution in [0.4, 0.5) is 0 Å². The number of hydrogen-bond donors (Lipinski definition) is 1. The van der Waals surface area contributed by atoms with Crippen LogP contribution in [0.1, 0.15) is 41.1 Å². The van der Waals surface area contributed by atoms with Gasteiger partial charge in [0, 0.05) is 6.04 Å². The highest BCUT2D eigenvalue weighted by molar-refractivity contribution is 5.85. The van der Waals surface area contributed by atoms with Gasteiger partial charge in [0.05, 0.1) is 0 Å². The third-order valence-electron chi connectivity index (χ3n) is 3.82. The van der Waals surface area contributed by atoms with Gasteiger partial charge in [0.25, 0.3) is 0 Å². The highest BCUT2D eigenvalue weighted by Crippen LogP contribution is 2.29. The van der Waals surface area contributed by atoms with Crippen molar-refractivity contribution in [2.45, 2.75) is 39.3 Å². The van der Waals surface area contributed by atoms with E-state index in [4.69, 9.17) is 10.5 Å². The second-order valence-corrected chi connectivity index (χ2v) is 5.73. The predicted octanol–water partition coefficient (Wildman–Crippen LogP) is 5.27. The molecule has 2 N–H and O–H groups in total. The van der Waals surface area contributed by atoms with E-state index < -0.39 is 0 Å². The smallest absolute Gasteiger partial charge is 0.125 e. The van der Waals surface area contributed by atoms with Crippen molar-refractivity contribution in [3.05, 3.63) is 77.4 Å². The highest BCUT2D eigenvalue weighted by atomic mass is 35.5. The van der Waals surface area contributed by atoms with Crippen LogP contribution >= 0.6 is 12.4 Å². The predicted molar refractivity (Wildman–Crippen MR) is 100 cm³/mol. The van der Waals surface area contributed by atoms with Gasteiger partial charge in [-0.05, 0) is 48.9 Å². The quantitative estimate of drug-likeness (QED) is 0.701. The van der Waals surface area contributed by atoms with Gasteiger partial charge in [-0.25, -0.2) is 0 Å². The molecule has 0 aromatic heterocycles. The summed E-state index contributed by atoms with van der Waals surface area (Å²) in [6, 6.07) is 14.6. The molecule has 0 aliphatic rings. The largest absolute Gasteiger partial charge is 0.488 e. The molecule has 124 valence electrons. The number of aryl methyl sites for hydroxylation is 2. The summed E-state index contributed by atoms with van der Waals surface area (Å²) in [6.45, 7) is 8.50. The van der Waals surface area contributed by atoms with E-state index in [0.717, 1.165) is 29.7 Å². The minimum Gasteiger partial charge on any atom is -0.488 e. The second kappa shape index (κ2) is 9.39. The van der Waals surface area contributed by atoms with E-state index in [2.05, 4.69) is 44.7 Å². The number of allylic oxidation sites excluding steroid dienone is 1. The summed E-state index contributed by atoms with van der Waals surface area (Å²) in [4.78, 5) is 0. The Morgan fingerprint density at radius 1 is 1.13 bits per heavy atom. The fraction of sp³-hybridized carbons (Fsp3) is 0.300. The normalized spacial score (nSPS) is 11.4. The summed E-state index contributed by atoms with van der Waals surface area (Å²) in [5.74, 6) is 0.962. The third kappa shape index (κ3) is 5.42. The number of ether oxygens (including phenoxy) is 1. The van der Waals surface area contributed by atoms with Crippen molar-refractivity contribution in [3.63, 3.8) is 0 Å². The molecule has 0 bridgehead atoms. The molecule has 0 spiro atoms. The molecule has 0 aliphatic carbocycles. The Labute approximate surface area is 145 Å². The molecule has 0 fully saturated rings. The third-order valence-corrected chi connectivity index (χ3v) is 3.82. The molecule has 23 heavy (non-hydrogen) atoms. The SMILES string of the molecule is C=CCC[C@@H](N)c1cc(C)c(OCc2ccccc2)c(C)c1.Cl. The Morgan fingerprint density at radius 3 is 2.30 bits per heavy atom. The Kier molecular flexibility index (Phi) is 7.87. The molecule has 2 aromatic rings. The van der Waals surface area contributed by atoms with Crippen LogP contribution in [-0.2, 0) is 6.61 Å². The van der Waals surface area contributed by atoms with Gasteiger partial charge in [-0.2, -0.15) is 0 Å². The number of rotatable bonds is 7. The van der Waals surface area contributed by atoms with Crippen LogP contribution in [0.3, 0.4) is 0 Å². The fourth-order valence-electron chi connectivity index (χ4n) is 2.62. The van der Waals surface area contributed by atoms with Gasteiger partial charge in [0.15, 0.2) is 0 Å². The van der Waals surface area contributed by atoms with Crippen LogP contribution in [0.2, 0.25) is 0 Å². The first-order chi connectivity index (χ1) is 10.6. The van der Waals surface area contributed by atoms with E-state index in [1.165, 1.54) is 11.1 Å². The minimum absolute atomic E-state index is 0. The van der Waals surface area contributed by atoms with E-state index in [1.54, 1.807) is 0 Å². The van der Waals surface area contributed by atoms with E-state index >= 15 is 0 Å². The van der Waals surface area contributed by atoms with Crippen LogP contribution in [0, 0.1) is 13.8 Å². The van der Waals surface area contributed by atoms with Gasteiger partial charge in [0.1, 0.15) is 12.4 Å². The summed E-state index contributed by atoms with van der Waals surface area (Å²) >= 11 is 0. The summed E-state index contributed by atoms with van der Waals surface area (Å²) in [7, 11) is 0. The average molecular weight is 332 g/mol. The second-order valence-electron chi connectivity index (χ2n) is 5.73. The molecule has 0 radical (unpaired) electrons. The zero-order valence-electron chi connectivity index (χ0n) is 13.9. The molecule has 3 heteroatoms. The molecule has 0 saturated heterocycles. The molecule has 0 unspecified atom stereocenters. The molecule has 2 aromatic carbocycles. The fourth-order valence-corrected chi connectivity index (χ4v) is 2.62. The maximum atomic E-state index is 6.25. The van der Waals surface area contributed by atoms with Crippen LogP contribution in [0.15, 0.2) is 55.1 Å². The summed E-state index contributed by atoms with van der Waals surface area (Å²) in [5, 5.41) is 0. The van der Waals surface area contributed by atoms with Crippen molar-refractivity contribution in [1.29, 1.82) is 0 Å². The van der Waals surface area contributed by atoms with Gasteiger partial charge in [-0.3, -0.25) is 0 Å². The molecule has 0 amide bonds. The molecule has 0 heterocycles. The lowest BCUT2D eigenvalue weighted by Crippen LogP contribution is -2.11. The first kappa shape index (κ1) is 19.3. The lowest BCUT2D eigenvalue weighted by Gasteiger charge is -2.17. The van der Waals surface area contributed by atoms with E-state index in [-0.39, 0.29) is 18.4 Å². The molecule has 0 saturated carbocycles. The first-order valence-electron chi connectivity index (χ1n) is 7.76. The van der Waals surface area contributed by atoms with Gasteiger partial charge in [-0.15, -0.1) is 19.0 Å². The van der Waals surface area contributed by atoms with E-state index in [1.807, 2.05) is 24.3 Å². The van der Waals surface area contributed by atoms with Crippen LogP contribution < -0.4 is 10.5 Å². The van der Waals surface area contributed by atoms with Gasteiger partial charge >= 0.3 is 0 Å². The van der Waals surface area contributed by atoms with Crippen molar-refractivity contribution in [2.24, 2.45) is 5.73 Å². The lowest BCUT2D eigenvalue weighted by molar-refractivity contribution is 0.302. The van der Waals surface area contributed by atoms with Crippen molar-refractivity contribution in [2.75, 3.05) is 0 Å². The average Bonchev–Trinajstić information content (AvgIpc) is 2.52. The van der Waals surface area contributed by atoms with Crippen molar-refractivity contribution >= 4 is 12.4 Å². The summed E-state index contributed by atoms with van der Waals surface area (Å²) in [6.07, 6.45) is 3.77. The van der Waals surface area contributed by atoms with E-state index in [9.17, 15) is 0 Å². The monoisotopic (exact) mass is 331 g/mol. The molecule has 1 atom stereocenters. The summed E-state index contributed by atoms with van der Waals surface area (Å²) in [5.41, 5.74) is 10.9. The molecular formula is C20H26ClNO. The van der Waals surface area contributed by atoms with Gasteiger partial charge in [0.2, 0.25) is 0 Å². The number of benzene rings is 2. The topological polar surface area (TPSA) is 35.2 Å². The Hall–Kier alpha value is -1.77. The maximum Gasteiger partial charge on any atom is 0.125 e. The highest BCUT2D eigenvalue weighted by Gasteiger charge is 2.11. The Morgan fingerprint density at radius 2 is 1.74 bits per heavy atom. The number of nitrogens with two attached hydrogens (primary N) is 1. The van der Waals surface area contributed by atoms with Crippen LogP contribution in [0.5, 0.6) is 5.75 Å². The van der Waals surface area contributed by atoms with Crippen molar-refractivity contribution in [1.82, 2.24) is 0 Å². The van der Waals surface area contributed by atoms with Gasteiger partial charge < -0.3 is 10.5 Å². The van der Waals surface area contributed by atoms with Gasteiger partial charge in [-0.1, -0.05) is 48.5 Å². The van der Waals surface area contributed by atoms with Crippen molar-refractivity contribution < 1.29 is 4.74 Å². The minimum atomic E-state index is 0.